The van der Waals surface area contributed by atoms with Crippen molar-refractivity contribution in [2.24, 2.45) is 0 Å². The second-order valence-corrected chi connectivity index (χ2v) is 6.31. The molecule has 2 unspecified atom stereocenters. The van der Waals surface area contributed by atoms with Crippen molar-refractivity contribution in [1.29, 1.82) is 0 Å². The van der Waals surface area contributed by atoms with Crippen molar-refractivity contribution in [3.05, 3.63) is 40.9 Å². The zero-order chi connectivity index (χ0) is 18.6. The molecule has 0 bridgehead atoms. The Hall–Kier alpha value is -1.80. The Labute approximate surface area is 152 Å². The first-order valence-electron chi connectivity index (χ1n) is 7.25. The van der Waals surface area contributed by atoms with E-state index in [1.54, 1.807) is 13.8 Å². The molecule has 0 fully saturated rings. The summed E-state index contributed by atoms with van der Waals surface area (Å²) in [6, 6.07) is 1.84. The van der Waals surface area contributed by atoms with Crippen molar-refractivity contribution in [2.75, 3.05) is 11.9 Å². The van der Waals surface area contributed by atoms with E-state index in [1.807, 2.05) is 0 Å². The molecule has 0 spiro atoms. The number of hydrogen-bond acceptors (Lipinski definition) is 5. The van der Waals surface area contributed by atoms with E-state index >= 15 is 0 Å². The average molecular weight is 395 g/mol. The molecule has 1 N–H and O–H groups in total. The fourth-order valence-electron chi connectivity index (χ4n) is 1.88. The molecular weight excluding hydrogens is 380 g/mol. The third-order valence-corrected chi connectivity index (χ3v) is 3.70. The van der Waals surface area contributed by atoms with Gasteiger partial charge in [-0.25, -0.2) is 15.0 Å². The lowest BCUT2D eigenvalue weighted by molar-refractivity contribution is -0.137. The number of alkyl halides is 4. The van der Waals surface area contributed by atoms with Gasteiger partial charge in [0.15, 0.2) is 0 Å². The lowest BCUT2D eigenvalue weighted by atomic mass is 10.3. The first-order valence-corrected chi connectivity index (χ1v) is 8.07. The van der Waals surface area contributed by atoms with E-state index in [0.717, 1.165) is 12.3 Å². The summed E-state index contributed by atoms with van der Waals surface area (Å²) in [4.78, 5) is 11.7. The minimum absolute atomic E-state index is 0.0884. The van der Waals surface area contributed by atoms with Gasteiger partial charge >= 0.3 is 6.18 Å². The van der Waals surface area contributed by atoms with Crippen LogP contribution in [0.4, 0.5) is 19.0 Å². The molecule has 0 radical (unpaired) electrons. The molecule has 0 aliphatic carbocycles. The summed E-state index contributed by atoms with van der Waals surface area (Å²) in [5, 5.41) is 2.97. The van der Waals surface area contributed by atoms with E-state index in [-0.39, 0.29) is 23.9 Å². The Morgan fingerprint density at radius 2 is 1.92 bits per heavy atom. The van der Waals surface area contributed by atoms with Crippen LogP contribution < -0.4 is 10.1 Å². The zero-order valence-corrected chi connectivity index (χ0v) is 14.8. The Kier molecular flexibility index (Phi) is 6.29. The normalized spacial score (nSPS) is 14.0. The quantitative estimate of drug-likeness (QED) is 0.718. The number of hydrogen-bond donors (Lipinski definition) is 1. The zero-order valence-electron chi connectivity index (χ0n) is 13.3. The fraction of sp³-hybridized carbons (Fsp3) is 0.400. The molecule has 0 amide bonds. The van der Waals surface area contributed by atoms with Gasteiger partial charge in [-0.1, -0.05) is 11.6 Å². The predicted octanol–water partition coefficient (Wildman–Crippen LogP) is 4.72. The van der Waals surface area contributed by atoms with Crippen LogP contribution in [0.15, 0.2) is 24.7 Å². The summed E-state index contributed by atoms with van der Waals surface area (Å²) in [7, 11) is 0. The monoisotopic (exact) mass is 394 g/mol. The Morgan fingerprint density at radius 3 is 2.48 bits per heavy atom. The lowest BCUT2D eigenvalue weighted by Crippen LogP contribution is -2.24. The van der Waals surface area contributed by atoms with Crippen LogP contribution in [0.5, 0.6) is 5.88 Å². The second kappa shape index (κ2) is 8.05. The summed E-state index contributed by atoms with van der Waals surface area (Å²) >= 11 is 12.2. The van der Waals surface area contributed by atoms with Crippen LogP contribution in [-0.4, -0.2) is 27.6 Å². The molecule has 2 atom stereocenters. The first-order chi connectivity index (χ1) is 11.7. The highest BCUT2D eigenvalue weighted by atomic mass is 35.5. The first kappa shape index (κ1) is 19.5. The molecule has 2 aromatic rings. The third kappa shape index (κ3) is 5.34. The highest BCUT2D eigenvalue weighted by Crippen LogP contribution is 2.30. The standard InChI is InChI=1S/C15H15Cl2F3N4O/c1-8(24-14-12(17)13(9(2)16)22-7-23-14)6-25-11-4-3-10(5-21-11)15(18,19)20/h3-5,7-9H,6H2,1-2H3,(H,22,23,24). The molecule has 25 heavy (non-hydrogen) atoms. The van der Waals surface area contributed by atoms with Gasteiger partial charge in [0.2, 0.25) is 5.88 Å². The Bertz CT molecular complexity index is 711. The molecule has 5 nitrogen and oxygen atoms in total. The summed E-state index contributed by atoms with van der Waals surface area (Å²) in [5.41, 5.74) is -0.333. The molecule has 0 aliphatic heterocycles. The number of rotatable bonds is 6. The van der Waals surface area contributed by atoms with Crippen LogP contribution in [0, 0.1) is 0 Å². The van der Waals surface area contributed by atoms with Gasteiger partial charge < -0.3 is 10.1 Å². The van der Waals surface area contributed by atoms with E-state index in [9.17, 15) is 13.2 Å². The van der Waals surface area contributed by atoms with Gasteiger partial charge in [-0.15, -0.1) is 11.6 Å². The van der Waals surface area contributed by atoms with Gasteiger partial charge in [0.05, 0.1) is 22.7 Å². The molecule has 0 aromatic carbocycles. The number of nitrogens with zero attached hydrogens (tertiary/aromatic N) is 3. The number of nitrogens with one attached hydrogen (secondary N) is 1. The smallest absolute Gasteiger partial charge is 0.417 e. The molecule has 0 saturated carbocycles. The second-order valence-electron chi connectivity index (χ2n) is 5.28. The maximum absolute atomic E-state index is 12.5. The van der Waals surface area contributed by atoms with Crippen LogP contribution in [-0.2, 0) is 6.18 Å². The van der Waals surface area contributed by atoms with Gasteiger partial charge in [0, 0.05) is 12.3 Å². The number of ether oxygens (including phenoxy) is 1. The molecule has 2 rings (SSSR count). The Balaban J connectivity index is 1.95. The highest BCUT2D eigenvalue weighted by Gasteiger charge is 2.30. The molecule has 2 aromatic heterocycles. The molecule has 136 valence electrons. The topological polar surface area (TPSA) is 59.9 Å². The minimum Gasteiger partial charge on any atom is -0.475 e. The summed E-state index contributed by atoms with van der Waals surface area (Å²) in [6.07, 6.45) is -2.36. The van der Waals surface area contributed by atoms with Crippen molar-refractivity contribution in [3.8, 4) is 5.88 Å². The number of anilines is 1. The van der Waals surface area contributed by atoms with Crippen LogP contribution in [0.3, 0.4) is 0 Å². The average Bonchev–Trinajstić information content (AvgIpc) is 2.54. The third-order valence-electron chi connectivity index (χ3n) is 3.12. The maximum atomic E-state index is 12.5. The largest absolute Gasteiger partial charge is 0.475 e. The summed E-state index contributed by atoms with van der Waals surface area (Å²) < 4.78 is 42.8. The number of halogens is 5. The highest BCUT2D eigenvalue weighted by molar-refractivity contribution is 6.34. The molecule has 10 heteroatoms. The van der Waals surface area contributed by atoms with Crippen molar-refractivity contribution >= 4 is 29.0 Å². The van der Waals surface area contributed by atoms with Gasteiger partial charge in [-0.05, 0) is 19.9 Å². The summed E-state index contributed by atoms with van der Waals surface area (Å²) in [5.74, 6) is 0.487. The van der Waals surface area contributed by atoms with Crippen molar-refractivity contribution in [2.45, 2.75) is 31.4 Å². The molecular formula is C15H15Cl2F3N4O. The SMILES string of the molecule is CC(COc1ccc(C(F)(F)F)cn1)Nc1ncnc(C(C)Cl)c1Cl. The van der Waals surface area contributed by atoms with Crippen LogP contribution in [0.1, 0.15) is 30.5 Å². The van der Waals surface area contributed by atoms with Crippen molar-refractivity contribution < 1.29 is 17.9 Å². The van der Waals surface area contributed by atoms with Gasteiger partial charge in [0.25, 0.3) is 0 Å². The molecule has 0 aliphatic rings. The van der Waals surface area contributed by atoms with Gasteiger partial charge in [0.1, 0.15) is 23.8 Å². The van der Waals surface area contributed by atoms with Crippen LogP contribution >= 0.6 is 23.2 Å². The maximum Gasteiger partial charge on any atom is 0.417 e. The number of pyridine rings is 1. The fourth-order valence-corrected chi connectivity index (χ4v) is 2.42. The van der Waals surface area contributed by atoms with Crippen molar-refractivity contribution in [1.82, 2.24) is 15.0 Å². The van der Waals surface area contributed by atoms with Gasteiger partial charge in [-0.3, -0.25) is 0 Å². The lowest BCUT2D eigenvalue weighted by Gasteiger charge is -2.17. The molecule has 0 saturated heterocycles. The van der Waals surface area contributed by atoms with E-state index in [1.165, 1.54) is 12.4 Å². The van der Waals surface area contributed by atoms with E-state index in [2.05, 4.69) is 20.3 Å². The summed E-state index contributed by atoms with van der Waals surface area (Å²) in [6.45, 7) is 3.68. The molecule has 2 heterocycles. The van der Waals surface area contributed by atoms with E-state index in [0.29, 0.717) is 16.5 Å². The van der Waals surface area contributed by atoms with Crippen LogP contribution in [0.2, 0.25) is 5.02 Å². The number of aromatic nitrogens is 3. The minimum atomic E-state index is -4.43. The van der Waals surface area contributed by atoms with Gasteiger partial charge in [-0.2, -0.15) is 13.2 Å². The van der Waals surface area contributed by atoms with Crippen molar-refractivity contribution in [3.63, 3.8) is 0 Å². The van der Waals surface area contributed by atoms with E-state index in [4.69, 9.17) is 27.9 Å². The van der Waals surface area contributed by atoms with E-state index < -0.39 is 11.7 Å². The van der Waals surface area contributed by atoms with Crippen LogP contribution in [0.25, 0.3) is 0 Å². The predicted molar refractivity (Wildman–Crippen MR) is 89.1 cm³/mol. The Morgan fingerprint density at radius 1 is 1.20 bits per heavy atom.